The summed E-state index contributed by atoms with van der Waals surface area (Å²) in [7, 11) is 1.55. The van der Waals surface area contributed by atoms with Gasteiger partial charge in [-0.05, 0) is 43.3 Å². The standard InChI is InChI=1S/C18H19N3O4/c1-12-3-5-14(6-4-12)21-18(24)17(23)19-11-16(22)20-13-7-9-15(25-2)10-8-13/h3-10H,11H2,1-2H3,(H,19,23)(H,20,22)(H,21,24). The number of methoxy groups -OCH3 is 1. The highest BCUT2D eigenvalue weighted by Crippen LogP contribution is 2.14. The Balaban J connectivity index is 1.78. The van der Waals surface area contributed by atoms with Gasteiger partial charge in [0.15, 0.2) is 0 Å². The molecule has 7 heteroatoms. The van der Waals surface area contributed by atoms with Crippen molar-refractivity contribution in [3.8, 4) is 5.75 Å². The molecule has 0 unspecified atom stereocenters. The molecule has 0 atom stereocenters. The number of amides is 3. The van der Waals surface area contributed by atoms with Crippen LogP contribution in [0, 0.1) is 6.92 Å². The van der Waals surface area contributed by atoms with Crippen LogP contribution in [0.3, 0.4) is 0 Å². The highest BCUT2D eigenvalue weighted by Gasteiger charge is 2.14. The molecule has 3 amide bonds. The first-order chi connectivity index (χ1) is 12.0. The van der Waals surface area contributed by atoms with Gasteiger partial charge in [0.1, 0.15) is 5.75 Å². The van der Waals surface area contributed by atoms with E-state index < -0.39 is 17.7 Å². The maximum absolute atomic E-state index is 11.8. The molecule has 0 radical (unpaired) electrons. The maximum atomic E-state index is 11.8. The summed E-state index contributed by atoms with van der Waals surface area (Å²) in [6, 6.07) is 13.7. The van der Waals surface area contributed by atoms with Crippen molar-refractivity contribution in [2.75, 3.05) is 24.3 Å². The zero-order valence-corrected chi connectivity index (χ0v) is 14.0. The zero-order chi connectivity index (χ0) is 18.2. The Morgan fingerprint density at radius 3 is 2.00 bits per heavy atom. The van der Waals surface area contributed by atoms with Crippen LogP contribution in [-0.4, -0.2) is 31.4 Å². The molecule has 0 heterocycles. The average molecular weight is 341 g/mol. The van der Waals surface area contributed by atoms with Gasteiger partial charge in [-0.15, -0.1) is 0 Å². The van der Waals surface area contributed by atoms with Crippen molar-refractivity contribution < 1.29 is 19.1 Å². The molecule has 7 nitrogen and oxygen atoms in total. The first kappa shape index (κ1) is 18.0. The van der Waals surface area contributed by atoms with Gasteiger partial charge >= 0.3 is 11.8 Å². The number of benzene rings is 2. The van der Waals surface area contributed by atoms with Crippen LogP contribution < -0.4 is 20.7 Å². The van der Waals surface area contributed by atoms with Crippen molar-refractivity contribution >= 4 is 29.1 Å². The lowest BCUT2D eigenvalue weighted by Crippen LogP contribution is -2.39. The third-order valence-electron chi connectivity index (χ3n) is 3.30. The molecule has 0 aliphatic carbocycles. The van der Waals surface area contributed by atoms with Crippen molar-refractivity contribution in [2.45, 2.75) is 6.92 Å². The number of anilines is 2. The molecule has 0 aromatic heterocycles. The molecule has 0 saturated carbocycles. The third-order valence-corrected chi connectivity index (χ3v) is 3.30. The molecular formula is C18H19N3O4. The van der Waals surface area contributed by atoms with Gasteiger partial charge in [-0.25, -0.2) is 0 Å². The molecule has 2 aromatic rings. The van der Waals surface area contributed by atoms with Gasteiger partial charge in [-0.1, -0.05) is 17.7 Å². The normalized spacial score (nSPS) is 9.84. The molecule has 2 aromatic carbocycles. The van der Waals surface area contributed by atoms with Crippen LogP contribution >= 0.6 is 0 Å². The SMILES string of the molecule is COc1ccc(NC(=O)CNC(=O)C(=O)Nc2ccc(C)cc2)cc1. The summed E-state index contributed by atoms with van der Waals surface area (Å²) in [6.07, 6.45) is 0. The highest BCUT2D eigenvalue weighted by atomic mass is 16.5. The summed E-state index contributed by atoms with van der Waals surface area (Å²) in [5.41, 5.74) is 2.11. The number of nitrogens with one attached hydrogen (secondary N) is 3. The number of hydrogen-bond acceptors (Lipinski definition) is 4. The van der Waals surface area contributed by atoms with Crippen LogP contribution in [0.4, 0.5) is 11.4 Å². The Hall–Kier alpha value is -3.35. The molecule has 2 rings (SSSR count). The Kier molecular flexibility index (Phi) is 6.11. The van der Waals surface area contributed by atoms with E-state index >= 15 is 0 Å². The Morgan fingerprint density at radius 2 is 1.40 bits per heavy atom. The quantitative estimate of drug-likeness (QED) is 0.721. The second-order valence-corrected chi connectivity index (χ2v) is 5.28. The van der Waals surface area contributed by atoms with Crippen LogP contribution in [0.5, 0.6) is 5.75 Å². The molecule has 130 valence electrons. The Labute approximate surface area is 145 Å². The van der Waals surface area contributed by atoms with Gasteiger partial charge in [0.25, 0.3) is 0 Å². The summed E-state index contributed by atoms with van der Waals surface area (Å²) in [6.45, 7) is 1.60. The van der Waals surface area contributed by atoms with E-state index in [-0.39, 0.29) is 6.54 Å². The molecular weight excluding hydrogens is 322 g/mol. The minimum atomic E-state index is -0.884. The van der Waals surface area contributed by atoms with E-state index in [4.69, 9.17) is 4.74 Å². The molecule has 3 N–H and O–H groups in total. The lowest BCUT2D eigenvalue weighted by atomic mass is 10.2. The van der Waals surface area contributed by atoms with Crippen LogP contribution in [0.2, 0.25) is 0 Å². The Morgan fingerprint density at radius 1 is 0.840 bits per heavy atom. The fourth-order valence-electron chi connectivity index (χ4n) is 1.95. The number of rotatable bonds is 5. The second-order valence-electron chi connectivity index (χ2n) is 5.28. The molecule has 0 bridgehead atoms. The van der Waals surface area contributed by atoms with E-state index in [0.29, 0.717) is 17.1 Å². The number of aryl methyl sites for hydroxylation is 1. The molecule has 0 aliphatic rings. The fourth-order valence-corrected chi connectivity index (χ4v) is 1.95. The lowest BCUT2D eigenvalue weighted by molar-refractivity contribution is -0.136. The number of carbonyl (C=O) groups is 3. The molecule has 0 saturated heterocycles. The first-order valence-electron chi connectivity index (χ1n) is 7.57. The van der Waals surface area contributed by atoms with Crippen molar-refractivity contribution in [3.05, 3.63) is 54.1 Å². The van der Waals surface area contributed by atoms with E-state index in [0.717, 1.165) is 5.56 Å². The summed E-state index contributed by atoms with van der Waals surface area (Å²) in [5.74, 6) is -1.49. The largest absolute Gasteiger partial charge is 0.497 e. The van der Waals surface area contributed by atoms with Crippen molar-refractivity contribution in [1.29, 1.82) is 0 Å². The van der Waals surface area contributed by atoms with E-state index in [9.17, 15) is 14.4 Å². The minimum absolute atomic E-state index is 0.313. The summed E-state index contributed by atoms with van der Waals surface area (Å²) >= 11 is 0. The number of hydrogen-bond donors (Lipinski definition) is 3. The van der Waals surface area contributed by atoms with Gasteiger partial charge in [0, 0.05) is 11.4 Å². The van der Waals surface area contributed by atoms with Crippen molar-refractivity contribution in [2.24, 2.45) is 0 Å². The zero-order valence-electron chi connectivity index (χ0n) is 14.0. The molecule has 0 fully saturated rings. The van der Waals surface area contributed by atoms with E-state index in [2.05, 4.69) is 16.0 Å². The van der Waals surface area contributed by atoms with Crippen LogP contribution in [0.25, 0.3) is 0 Å². The Bertz CT molecular complexity index is 755. The van der Waals surface area contributed by atoms with Gasteiger partial charge in [0.2, 0.25) is 5.91 Å². The van der Waals surface area contributed by atoms with Crippen molar-refractivity contribution in [3.63, 3.8) is 0 Å². The second kappa shape index (κ2) is 8.49. The fraction of sp³-hybridized carbons (Fsp3) is 0.167. The van der Waals surface area contributed by atoms with Gasteiger partial charge in [-0.3, -0.25) is 14.4 Å². The van der Waals surface area contributed by atoms with Gasteiger partial charge in [0.05, 0.1) is 13.7 Å². The van der Waals surface area contributed by atoms with E-state index in [1.807, 2.05) is 19.1 Å². The summed E-state index contributed by atoms with van der Waals surface area (Å²) in [4.78, 5) is 35.3. The van der Waals surface area contributed by atoms with Crippen molar-refractivity contribution in [1.82, 2.24) is 5.32 Å². The molecule has 0 spiro atoms. The summed E-state index contributed by atoms with van der Waals surface area (Å²) < 4.78 is 5.02. The third kappa shape index (κ3) is 5.65. The predicted molar refractivity (Wildman–Crippen MR) is 94.4 cm³/mol. The van der Waals surface area contributed by atoms with E-state index in [1.54, 1.807) is 43.5 Å². The van der Waals surface area contributed by atoms with Crippen LogP contribution in [-0.2, 0) is 14.4 Å². The topological polar surface area (TPSA) is 96.5 Å². The van der Waals surface area contributed by atoms with Gasteiger partial charge < -0.3 is 20.7 Å². The van der Waals surface area contributed by atoms with Crippen LogP contribution in [0.15, 0.2) is 48.5 Å². The first-order valence-corrected chi connectivity index (χ1v) is 7.57. The molecule has 0 aliphatic heterocycles. The lowest BCUT2D eigenvalue weighted by Gasteiger charge is -2.08. The molecule has 25 heavy (non-hydrogen) atoms. The van der Waals surface area contributed by atoms with Crippen LogP contribution in [0.1, 0.15) is 5.56 Å². The minimum Gasteiger partial charge on any atom is -0.497 e. The maximum Gasteiger partial charge on any atom is 0.313 e. The monoisotopic (exact) mass is 341 g/mol. The summed E-state index contributed by atoms with van der Waals surface area (Å²) in [5, 5.41) is 7.33. The van der Waals surface area contributed by atoms with E-state index in [1.165, 1.54) is 0 Å². The number of ether oxygens (including phenoxy) is 1. The predicted octanol–water partition coefficient (Wildman–Crippen LogP) is 1.70. The average Bonchev–Trinajstić information content (AvgIpc) is 2.62. The number of carbonyl (C=O) groups excluding carboxylic acids is 3. The van der Waals surface area contributed by atoms with Gasteiger partial charge in [-0.2, -0.15) is 0 Å². The highest BCUT2D eigenvalue weighted by molar-refractivity contribution is 6.39. The smallest absolute Gasteiger partial charge is 0.313 e.